The number of allylic oxidation sites excluding steroid dienone is 4. The summed E-state index contributed by atoms with van der Waals surface area (Å²) in [4.78, 5) is 0.204. The van der Waals surface area contributed by atoms with E-state index < -0.39 is 16.2 Å². The highest BCUT2D eigenvalue weighted by molar-refractivity contribution is 7.73. The van der Waals surface area contributed by atoms with Crippen molar-refractivity contribution in [2.75, 3.05) is 0 Å². The highest BCUT2D eigenvalue weighted by Gasteiger charge is 2.11. The SMILES string of the molecule is O=S(=O)=C1C=CC=CC1C=NO. The second-order valence-corrected chi connectivity index (χ2v) is 3.11. The molecule has 0 aliphatic heterocycles. The van der Waals surface area contributed by atoms with Crippen LogP contribution in [0.2, 0.25) is 0 Å². The van der Waals surface area contributed by atoms with Gasteiger partial charge in [-0.1, -0.05) is 18.2 Å². The summed E-state index contributed by atoms with van der Waals surface area (Å²) in [6.07, 6.45) is 7.57. The number of oxime groups is 1. The van der Waals surface area contributed by atoms with E-state index in [1.165, 1.54) is 6.08 Å². The lowest BCUT2D eigenvalue weighted by molar-refractivity contribution is 0.320. The minimum absolute atomic E-state index is 0.204. The second-order valence-electron chi connectivity index (χ2n) is 2.17. The summed E-state index contributed by atoms with van der Waals surface area (Å²) in [6.45, 7) is 0. The predicted molar refractivity (Wildman–Crippen MR) is 46.0 cm³/mol. The first-order valence-corrected chi connectivity index (χ1v) is 4.31. The van der Waals surface area contributed by atoms with Crippen molar-refractivity contribution in [3.05, 3.63) is 24.3 Å². The van der Waals surface area contributed by atoms with Crippen molar-refractivity contribution < 1.29 is 13.6 Å². The molecule has 1 aliphatic rings. The molecule has 1 rings (SSSR count). The van der Waals surface area contributed by atoms with E-state index in [-0.39, 0.29) is 4.86 Å². The molecule has 0 aromatic carbocycles. The summed E-state index contributed by atoms with van der Waals surface area (Å²) in [6, 6.07) is 0. The van der Waals surface area contributed by atoms with Gasteiger partial charge in [0.05, 0.1) is 17.0 Å². The lowest BCUT2D eigenvalue weighted by Gasteiger charge is -2.05. The van der Waals surface area contributed by atoms with Crippen molar-refractivity contribution in [2.24, 2.45) is 11.1 Å². The van der Waals surface area contributed by atoms with E-state index in [0.717, 1.165) is 6.21 Å². The van der Waals surface area contributed by atoms with Gasteiger partial charge in [-0.2, -0.15) is 8.42 Å². The molecule has 0 saturated heterocycles. The van der Waals surface area contributed by atoms with Gasteiger partial charge in [-0.05, 0) is 6.08 Å². The van der Waals surface area contributed by atoms with Crippen molar-refractivity contribution >= 4 is 21.4 Å². The minimum atomic E-state index is -2.26. The van der Waals surface area contributed by atoms with Gasteiger partial charge >= 0.3 is 0 Å². The Bertz CT molecular complexity index is 367. The van der Waals surface area contributed by atoms with Crippen LogP contribution in [0.25, 0.3) is 0 Å². The van der Waals surface area contributed by atoms with E-state index >= 15 is 0 Å². The van der Waals surface area contributed by atoms with E-state index in [1.54, 1.807) is 18.2 Å². The summed E-state index contributed by atoms with van der Waals surface area (Å²) in [5.74, 6) is -0.446. The summed E-state index contributed by atoms with van der Waals surface area (Å²) in [5, 5.41) is 11.0. The summed E-state index contributed by atoms with van der Waals surface area (Å²) in [7, 11) is -2.26. The average Bonchev–Trinajstić information content (AvgIpc) is 2.05. The first-order chi connectivity index (χ1) is 5.75. The lowest BCUT2D eigenvalue weighted by Crippen LogP contribution is -2.14. The fourth-order valence-electron chi connectivity index (χ4n) is 0.902. The van der Waals surface area contributed by atoms with Crippen LogP contribution in [0.1, 0.15) is 0 Å². The lowest BCUT2D eigenvalue weighted by atomic mass is 10.0. The topological polar surface area (TPSA) is 66.7 Å². The molecule has 0 aromatic rings. The first-order valence-electron chi connectivity index (χ1n) is 3.24. The maximum absolute atomic E-state index is 10.6. The maximum atomic E-state index is 10.6. The van der Waals surface area contributed by atoms with Crippen LogP contribution in [0.4, 0.5) is 0 Å². The molecule has 0 fully saturated rings. The van der Waals surface area contributed by atoms with Crippen LogP contribution < -0.4 is 0 Å². The molecular formula is C7H7NO3S. The highest BCUT2D eigenvalue weighted by atomic mass is 32.2. The van der Waals surface area contributed by atoms with E-state index in [0.29, 0.717) is 0 Å². The molecule has 1 unspecified atom stereocenters. The van der Waals surface area contributed by atoms with Crippen molar-refractivity contribution in [2.45, 2.75) is 0 Å². The molecule has 1 N–H and O–H groups in total. The Morgan fingerprint density at radius 3 is 2.83 bits per heavy atom. The molecule has 0 saturated carbocycles. The molecule has 12 heavy (non-hydrogen) atoms. The van der Waals surface area contributed by atoms with Crippen LogP contribution in [-0.4, -0.2) is 24.7 Å². The van der Waals surface area contributed by atoms with Crippen LogP contribution in [-0.2, 0) is 10.3 Å². The molecule has 0 heterocycles. The van der Waals surface area contributed by atoms with Gasteiger partial charge in [0.25, 0.3) is 0 Å². The van der Waals surface area contributed by atoms with Gasteiger partial charge in [0.15, 0.2) is 0 Å². The van der Waals surface area contributed by atoms with E-state index in [1.807, 2.05) is 0 Å². The molecule has 1 aliphatic carbocycles. The van der Waals surface area contributed by atoms with Gasteiger partial charge in [0.2, 0.25) is 10.3 Å². The highest BCUT2D eigenvalue weighted by Crippen LogP contribution is 2.05. The fourth-order valence-corrected chi connectivity index (χ4v) is 1.45. The maximum Gasteiger partial charge on any atom is 0.218 e. The predicted octanol–water partition coefficient (Wildman–Crippen LogP) is 0.240. The largest absolute Gasteiger partial charge is 0.411 e. The average molecular weight is 185 g/mol. The third-order valence-corrected chi connectivity index (χ3v) is 2.23. The number of nitrogens with zero attached hydrogens (tertiary/aromatic N) is 1. The quantitative estimate of drug-likeness (QED) is 0.275. The molecular weight excluding hydrogens is 178 g/mol. The molecule has 0 aromatic heterocycles. The molecule has 0 spiro atoms. The smallest absolute Gasteiger partial charge is 0.218 e. The zero-order valence-electron chi connectivity index (χ0n) is 6.08. The van der Waals surface area contributed by atoms with Gasteiger partial charge in [0, 0.05) is 0 Å². The Hall–Kier alpha value is -1.36. The third-order valence-electron chi connectivity index (χ3n) is 1.44. The van der Waals surface area contributed by atoms with Gasteiger partial charge < -0.3 is 5.21 Å². The second kappa shape index (κ2) is 3.87. The van der Waals surface area contributed by atoms with Crippen molar-refractivity contribution in [1.29, 1.82) is 0 Å². The molecule has 1 atom stereocenters. The Balaban J connectivity index is 3.10. The van der Waals surface area contributed by atoms with Gasteiger partial charge in [-0.25, -0.2) is 0 Å². The molecule has 0 radical (unpaired) electrons. The Kier molecular flexibility index (Phi) is 2.82. The molecule has 5 heteroatoms. The summed E-state index contributed by atoms with van der Waals surface area (Å²) >= 11 is 0. The van der Waals surface area contributed by atoms with Gasteiger partial charge in [0.1, 0.15) is 0 Å². The molecule has 64 valence electrons. The normalized spacial score (nSPS) is 22.0. The first kappa shape index (κ1) is 8.73. The van der Waals surface area contributed by atoms with Crippen LogP contribution in [0.15, 0.2) is 29.5 Å². The van der Waals surface area contributed by atoms with Crippen LogP contribution in [0, 0.1) is 5.92 Å². The Morgan fingerprint density at radius 2 is 2.25 bits per heavy atom. The zero-order valence-corrected chi connectivity index (χ0v) is 6.90. The van der Waals surface area contributed by atoms with Gasteiger partial charge in [-0.3, -0.25) is 0 Å². The minimum Gasteiger partial charge on any atom is -0.411 e. The van der Waals surface area contributed by atoms with Crippen LogP contribution in [0.3, 0.4) is 0 Å². The number of hydrogen-bond acceptors (Lipinski definition) is 4. The van der Waals surface area contributed by atoms with E-state index in [4.69, 9.17) is 5.21 Å². The van der Waals surface area contributed by atoms with Crippen LogP contribution in [0.5, 0.6) is 0 Å². The number of rotatable bonds is 1. The molecule has 0 amide bonds. The number of hydrogen-bond donors (Lipinski definition) is 1. The monoisotopic (exact) mass is 185 g/mol. The standard InChI is InChI=1S/C7H7NO3S/c9-8-5-6-3-1-2-4-7(6)12(10)11/h1-6,9H. The van der Waals surface area contributed by atoms with Crippen molar-refractivity contribution in [3.63, 3.8) is 0 Å². The van der Waals surface area contributed by atoms with Crippen LogP contribution >= 0.6 is 0 Å². The Morgan fingerprint density at radius 1 is 1.50 bits per heavy atom. The van der Waals surface area contributed by atoms with Crippen molar-refractivity contribution in [3.8, 4) is 0 Å². The fraction of sp³-hybridized carbons (Fsp3) is 0.143. The third kappa shape index (κ3) is 1.82. The van der Waals surface area contributed by atoms with E-state index in [9.17, 15) is 8.42 Å². The summed E-state index contributed by atoms with van der Waals surface area (Å²) < 4.78 is 21.1. The Labute approximate surface area is 71.0 Å². The molecule has 0 bridgehead atoms. The zero-order chi connectivity index (χ0) is 8.97. The summed E-state index contributed by atoms with van der Waals surface area (Å²) in [5.41, 5.74) is 0. The van der Waals surface area contributed by atoms with E-state index in [2.05, 4.69) is 5.16 Å². The molecule has 4 nitrogen and oxygen atoms in total. The van der Waals surface area contributed by atoms with Crippen molar-refractivity contribution in [1.82, 2.24) is 0 Å². The van der Waals surface area contributed by atoms with Gasteiger partial charge in [-0.15, -0.1) is 5.16 Å².